The average molecular weight is 565 g/mol. The normalized spacial score (nSPS) is 12.4. The molecule has 4 rings (SSSR count). The van der Waals surface area contributed by atoms with Crippen LogP contribution in [0, 0.1) is 17.5 Å². The van der Waals surface area contributed by atoms with Crippen LogP contribution in [0.2, 0.25) is 0 Å². The molecular weight excluding hydrogens is 541 g/mol. The van der Waals surface area contributed by atoms with Gasteiger partial charge in [0.05, 0.1) is 27.0 Å². The molecule has 0 spiro atoms. The second kappa shape index (κ2) is 11.4. The summed E-state index contributed by atoms with van der Waals surface area (Å²) in [5, 5.41) is 12.9. The minimum atomic E-state index is -4.66. The predicted octanol–water partition coefficient (Wildman–Crippen LogP) is 4.13. The van der Waals surface area contributed by atoms with E-state index in [1.165, 1.54) is 36.6 Å². The van der Waals surface area contributed by atoms with Crippen molar-refractivity contribution in [3.63, 3.8) is 0 Å². The van der Waals surface area contributed by atoms with Crippen LogP contribution in [0.25, 0.3) is 21.8 Å². The monoisotopic (exact) mass is 564 g/mol. The van der Waals surface area contributed by atoms with Crippen molar-refractivity contribution in [3.05, 3.63) is 71.1 Å². The predicted molar refractivity (Wildman–Crippen MR) is 138 cm³/mol. The number of benzene rings is 2. The van der Waals surface area contributed by atoms with Gasteiger partial charge in [0.25, 0.3) is 10.0 Å². The zero-order valence-corrected chi connectivity index (χ0v) is 21.6. The van der Waals surface area contributed by atoms with E-state index < -0.39 is 44.3 Å². The molecule has 0 aliphatic rings. The first kappa shape index (κ1) is 27.4. The summed E-state index contributed by atoms with van der Waals surface area (Å²) in [7, 11) is -4.66. The number of aromatic nitrogens is 3. The Labute approximate surface area is 220 Å². The van der Waals surface area contributed by atoms with Gasteiger partial charge in [0.2, 0.25) is 5.95 Å². The maximum atomic E-state index is 15.8. The molecule has 38 heavy (non-hydrogen) atoms. The van der Waals surface area contributed by atoms with Crippen molar-refractivity contribution in [2.24, 2.45) is 5.73 Å². The Bertz CT molecular complexity index is 1560. The van der Waals surface area contributed by atoms with E-state index in [0.717, 1.165) is 12.1 Å². The number of nitrogens with two attached hydrogens (primary N) is 1. The molecule has 1 atom stereocenters. The highest BCUT2D eigenvalue weighted by Crippen LogP contribution is 2.39. The summed E-state index contributed by atoms with van der Waals surface area (Å²) in [5.74, 6) is -2.99. The van der Waals surface area contributed by atoms with Gasteiger partial charge in [0, 0.05) is 18.2 Å². The van der Waals surface area contributed by atoms with Gasteiger partial charge in [0.15, 0.2) is 5.82 Å². The molecule has 5 N–H and O–H groups in total. The molecule has 9 nitrogen and oxygen atoms in total. The van der Waals surface area contributed by atoms with Gasteiger partial charge < -0.3 is 16.2 Å². The Hall–Kier alpha value is -3.59. The van der Waals surface area contributed by atoms with Crippen molar-refractivity contribution in [2.45, 2.75) is 30.9 Å². The molecule has 0 saturated heterocycles. The van der Waals surface area contributed by atoms with E-state index in [-0.39, 0.29) is 17.2 Å². The topological polar surface area (TPSA) is 143 Å². The van der Waals surface area contributed by atoms with Gasteiger partial charge in [-0.15, -0.1) is 11.3 Å². The zero-order chi connectivity index (χ0) is 27.4. The number of nitrogens with one attached hydrogen (secondary N) is 2. The van der Waals surface area contributed by atoms with Gasteiger partial charge in [-0.05, 0) is 56.3 Å². The number of thiazole rings is 1. The molecule has 200 valence electrons. The maximum absolute atomic E-state index is 15.8. The lowest BCUT2D eigenvalue weighted by molar-refractivity contribution is 0.223. The molecule has 2 aromatic carbocycles. The van der Waals surface area contributed by atoms with Crippen molar-refractivity contribution in [3.8, 4) is 21.8 Å². The van der Waals surface area contributed by atoms with Crippen LogP contribution in [0.15, 0.2) is 53.6 Å². The van der Waals surface area contributed by atoms with Crippen LogP contribution in [0.3, 0.4) is 0 Å². The third-order valence-electron chi connectivity index (χ3n) is 5.17. The molecule has 1 unspecified atom stereocenters. The average Bonchev–Trinajstić information content (AvgIpc) is 3.29. The lowest BCUT2D eigenvalue weighted by Gasteiger charge is -2.12. The minimum Gasteiger partial charge on any atom is -0.374 e. The third kappa shape index (κ3) is 6.10. The van der Waals surface area contributed by atoms with Crippen LogP contribution in [0.4, 0.5) is 24.8 Å². The van der Waals surface area contributed by atoms with Crippen LogP contribution in [0.5, 0.6) is 0 Å². The molecule has 0 saturated carbocycles. The highest BCUT2D eigenvalue weighted by Gasteiger charge is 2.25. The number of rotatable bonds is 10. The number of sulfonamides is 1. The summed E-state index contributed by atoms with van der Waals surface area (Å²) in [5.41, 5.74) is 5.69. The molecule has 0 radical (unpaired) electrons. The molecule has 2 aromatic heterocycles. The lowest BCUT2D eigenvalue weighted by atomic mass is 10.1. The first-order valence-corrected chi connectivity index (χ1v) is 13.6. The van der Waals surface area contributed by atoms with Gasteiger partial charge >= 0.3 is 0 Å². The molecule has 0 aliphatic heterocycles. The number of aliphatic hydroxyl groups is 1. The number of halogens is 3. The van der Waals surface area contributed by atoms with E-state index in [9.17, 15) is 22.3 Å². The number of aliphatic hydroxyl groups excluding tert-OH is 1. The fourth-order valence-electron chi connectivity index (χ4n) is 3.50. The molecule has 2 heterocycles. The summed E-state index contributed by atoms with van der Waals surface area (Å²) in [6, 6.07) is 7.52. The van der Waals surface area contributed by atoms with Crippen LogP contribution in [-0.4, -0.2) is 41.2 Å². The molecule has 0 fully saturated rings. The summed E-state index contributed by atoms with van der Waals surface area (Å²) < 4.78 is 71.0. The van der Waals surface area contributed by atoms with Crippen molar-refractivity contribution in [1.29, 1.82) is 0 Å². The van der Waals surface area contributed by atoms with Gasteiger partial charge in [-0.3, -0.25) is 4.72 Å². The van der Waals surface area contributed by atoms with Crippen LogP contribution < -0.4 is 15.8 Å². The number of hydrogen-bond acceptors (Lipinski definition) is 9. The Kier molecular flexibility index (Phi) is 8.26. The Balaban J connectivity index is 1.79. The molecule has 0 bridgehead atoms. The Morgan fingerprint density at radius 3 is 2.66 bits per heavy atom. The van der Waals surface area contributed by atoms with Gasteiger partial charge in [-0.25, -0.2) is 36.5 Å². The van der Waals surface area contributed by atoms with E-state index in [0.29, 0.717) is 47.1 Å². The van der Waals surface area contributed by atoms with Crippen molar-refractivity contribution < 1.29 is 26.7 Å². The van der Waals surface area contributed by atoms with Crippen molar-refractivity contribution in [1.82, 2.24) is 15.0 Å². The highest BCUT2D eigenvalue weighted by atomic mass is 32.2. The zero-order valence-electron chi connectivity index (χ0n) is 20.0. The van der Waals surface area contributed by atoms with E-state index in [4.69, 9.17) is 5.73 Å². The smallest absolute Gasteiger partial charge is 0.265 e. The first-order chi connectivity index (χ1) is 18.1. The Morgan fingerprint density at radius 1 is 1.13 bits per heavy atom. The number of hydrogen-bond donors (Lipinski definition) is 4. The quantitative estimate of drug-likeness (QED) is 0.211. The third-order valence-corrected chi connectivity index (χ3v) is 7.69. The second-order valence-electron chi connectivity index (χ2n) is 8.11. The van der Waals surface area contributed by atoms with Gasteiger partial charge in [0.1, 0.15) is 22.8 Å². The standard InChI is InChI=1S/C24H23F3N6O3S2/c1-13(34)30-24-29-11-9-18(31-24)23-22(32-20(37-23)6-3-10-28)15-4-2-5-17(21(15)27)33-38(35,36)19-12-14(25)7-8-16(19)26/h2,4-5,7-9,11-13,33-34H,3,6,10,28H2,1H3,(H,29,30,31). The fourth-order valence-corrected chi connectivity index (χ4v) is 5.74. The molecular formula is C24H23F3N6O3S2. The van der Waals surface area contributed by atoms with Crippen molar-refractivity contribution in [2.75, 3.05) is 16.6 Å². The van der Waals surface area contributed by atoms with Crippen LogP contribution >= 0.6 is 11.3 Å². The highest BCUT2D eigenvalue weighted by molar-refractivity contribution is 7.92. The summed E-state index contributed by atoms with van der Waals surface area (Å²) in [6.45, 7) is 1.92. The molecule has 0 amide bonds. The number of anilines is 2. The maximum Gasteiger partial charge on any atom is 0.265 e. The van der Waals surface area contributed by atoms with Crippen LogP contribution in [-0.2, 0) is 16.4 Å². The van der Waals surface area contributed by atoms with E-state index in [1.54, 1.807) is 6.07 Å². The van der Waals surface area contributed by atoms with E-state index in [2.05, 4.69) is 20.3 Å². The molecule has 0 aliphatic carbocycles. The van der Waals surface area contributed by atoms with Crippen molar-refractivity contribution >= 4 is 33.0 Å². The minimum absolute atomic E-state index is 0.0428. The molecule has 14 heteroatoms. The van der Waals surface area contributed by atoms with E-state index >= 15 is 4.39 Å². The Morgan fingerprint density at radius 2 is 1.92 bits per heavy atom. The second-order valence-corrected chi connectivity index (χ2v) is 10.8. The summed E-state index contributed by atoms with van der Waals surface area (Å²) >= 11 is 1.26. The van der Waals surface area contributed by atoms with E-state index in [1.807, 2.05) is 4.72 Å². The lowest BCUT2D eigenvalue weighted by Crippen LogP contribution is -2.16. The largest absolute Gasteiger partial charge is 0.374 e. The summed E-state index contributed by atoms with van der Waals surface area (Å²) in [6.07, 6.45) is 1.69. The van der Waals surface area contributed by atoms with Gasteiger partial charge in [-0.1, -0.05) is 6.07 Å². The van der Waals surface area contributed by atoms with Gasteiger partial charge in [-0.2, -0.15) is 0 Å². The number of nitrogens with zero attached hydrogens (tertiary/aromatic N) is 3. The number of aryl methyl sites for hydroxylation is 1. The first-order valence-electron chi connectivity index (χ1n) is 11.3. The fraction of sp³-hybridized carbons (Fsp3) is 0.208. The summed E-state index contributed by atoms with van der Waals surface area (Å²) in [4.78, 5) is 12.5. The van der Waals surface area contributed by atoms with Crippen LogP contribution in [0.1, 0.15) is 18.4 Å². The SMILES string of the molecule is CC(O)Nc1nccc(-c2sc(CCCN)nc2-c2cccc(NS(=O)(=O)c3cc(F)ccc3F)c2F)n1. The molecule has 4 aromatic rings.